The van der Waals surface area contributed by atoms with Crippen molar-refractivity contribution < 1.29 is 14.2 Å². The molecule has 3 nitrogen and oxygen atoms in total. The average Bonchev–Trinajstić information content (AvgIpc) is 3.14. The summed E-state index contributed by atoms with van der Waals surface area (Å²) < 4.78 is 17.1. The summed E-state index contributed by atoms with van der Waals surface area (Å²) in [6, 6.07) is 4.04. The van der Waals surface area contributed by atoms with Gasteiger partial charge in [-0.1, -0.05) is 57.6 Å². The molecule has 0 fully saturated rings. The van der Waals surface area contributed by atoms with Crippen molar-refractivity contribution in [3.05, 3.63) is 22.9 Å². The zero-order valence-corrected chi connectivity index (χ0v) is 17.0. The Kier molecular flexibility index (Phi) is 17.1. The smallest absolute Gasteiger partial charge is 0.282 e. The standard InChI is InChI=1S/C16H34O3.C4H4S/c1-5-9-10-11-12-13-14-15-16(17-6-2,18-7-3)19-8-4;1-2-4-5-3-1/h5-15H2,1-4H3;1-4H. The number of thiophene rings is 1. The minimum absolute atomic E-state index is 0.622. The van der Waals surface area contributed by atoms with Gasteiger partial charge in [0, 0.05) is 26.2 Å². The van der Waals surface area contributed by atoms with Gasteiger partial charge in [0.15, 0.2) is 0 Å². The lowest BCUT2D eigenvalue weighted by atomic mass is 10.1. The number of hydrogen-bond acceptors (Lipinski definition) is 4. The maximum Gasteiger partial charge on any atom is 0.282 e. The molecule has 1 aromatic heterocycles. The monoisotopic (exact) mass is 358 g/mol. The summed E-state index contributed by atoms with van der Waals surface area (Å²) >= 11 is 1.71. The number of unbranched alkanes of at least 4 members (excludes halogenated alkanes) is 6. The number of hydrogen-bond donors (Lipinski definition) is 0. The first-order valence-corrected chi connectivity index (χ1v) is 10.6. The molecular formula is C20H38O3S. The highest BCUT2D eigenvalue weighted by atomic mass is 32.1. The molecule has 1 aromatic rings. The summed E-state index contributed by atoms with van der Waals surface area (Å²) in [6.45, 7) is 10.1. The molecule has 0 radical (unpaired) electrons. The van der Waals surface area contributed by atoms with E-state index in [-0.39, 0.29) is 0 Å². The summed E-state index contributed by atoms with van der Waals surface area (Å²) in [7, 11) is 0. The molecule has 1 heterocycles. The summed E-state index contributed by atoms with van der Waals surface area (Å²) in [4.78, 5) is 0. The third kappa shape index (κ3) is 12.9. The van der Waals surface area contributed by atoms with Crippen LogP contribution in [0.15, 0.2) is 22.9 Å². The van der Waals surface area contributed by atoms with Crippen LogP contribution < -0.4 is 0 Å². The second-order valence-electron chi connectivity index (χ2n) is 5.65. The van der Waals surface area contributed by atoms with Gasteiger partial charge in [-0.25, -0.2) is 0 Å². The van der Waals surface area contributed by atoms with E-state index in [1.54, 1.807) is 11.3 Å². The van der Waals surface area contributed by atoms with Gasteiger partial charge in [-0.05, 0) is 38.0 Å². The van der Waals surface area contributed by atoms with Crippen LogP contribution in [-0.2, 0) is 14.2 Å². The lowest BCUT2D eigenvalue weighted by Crippen LogP contribution is -2.39. The fraction of sp³-hybridized carbons (Fsp3) is 0.800. The van der Waals surface area contributed by atoms with Gasteiger partial charge >= 0.3 is 0 Å². The minimum atomic E-state index is -0.804. The van der Waals surface area contributed by atoms with E-state index < -0.39 is 5.97 Å². The molecule has 1 rings (SSSR count). The molecule has 4 heteroatoms. The maximum absolute atomic E-state index is 5.71. The highest BCUT2D eigenvalue weighted by Gasteiger charge is 2.31. The van der Waals surface area contributed by atoms with E-state index in [0.29, 0.717) is 19.8 Å². The van der Waals surface area contributed by atoms with Crippen molar-refractivity contribution in [3.8, 4) is 0 Å². The van der Waals surface area contributed by atoms with Crippen LogP contribution in [0.3, 0.4) is 0 Å². The predicted molar refractivity (Wildman–Crippen MR) is 105 cm³/mol. The molecule has 24 heavy (non-hydrogen) atoms. The lowest BCUT2D eigenvalue weighted by Gasteiger charge is -2.32. The molecule has 0 amide bonds. The van der Waals surface area contributed by atoms with Crippen LogP contribution in [0.4, 0.5) is 0 Å². The van der Waals surface area contributed by atoms with E-state index >= 15 is 0 Å². The van der Waals surface area contributed by atoms with Crippen LogP contribution in [0.5, 0.6) is 0 Å². The Labute approximate surface area is 153 Å². The minimum Gasteiger partial charge on any atom is -0.328 e. The molecule has 0 bridgehead atoms. The second-order valence-corrected chi connectivity index (χ2v) is 6.46. The van der Waals surface area contributed by atoms with Gasteiger partial charge in [0.25, 0.3) is 5.97 Å². The van der Waals surface area contributed by atoms with Crippen molar-refractivity contribution in [2.24, 2.45) is 0 Å². The van der Waals surface area contributed by atoms with Crippen LogP contribution in [-0.4, -0.2) is 25.8 Å². The van der Waals surface area contributed by atoms with Crippen LogP contribution in [0.25, 0.3) is 0 Å². The van der Waals surface area contributed by atoms with Crippen molar-refractivity contribution in [1.82, 2.24) is 0 Å². The maximum atomic E-state index is 5.71. The third-order valence-electron chi connectivity index (χ3n) is 3.60. The highest BCUT2D eigenvalue weighted by Crippen LogP contribution is 2.24. The van der Waals surface area contributed by atoms with Gasteiger partial charge in [-0.2, -0.15) is 11.3 Å². The molecule has 142 valence electrons. The van der Waals surface area contributed by atoms with E-state index in [1.165, 1.54) is 38.5 Å². The zero-order chi connectivity index (χ0) is 17.9. The SMILES string of the molecule is CCCCCCCCCC(OCC)(OCC)OCC.c1ccsc1. The summed E-state index contributed by atoms with van der Waals surface area (Å²) in [5, 5.41) is 4.08. The van der Waals surface area contributed by atoms with Crippen molar-refractivity contribution in [2.45, 2.75) is 85.0 Å². The largest absolute Gasteiger partial charge is 0.328 e. The molecular weight excluding hydrogens is 320 g/mol. The fourth-order valence-corrected chi connectivity index (χ4v) is 2.98. The average molecular weight is 359 g/mol. The molecule has 0 saturated carbocycles. The van der Waals surface area contributed by atoms with Crippen LogP contribution in [0, 0.1) is 0 Å². The Bertz CT molecular complexity index is 293. The van der Waals surface area contributed by atoms with Gasteiger partial charge in [0.2, 0.25) is 0 Å². The predicted octanol–water partition coefficient (Wildman–Crippen LogP) is 6.64. The van der Waals surface area contributed by atoms with Crippen LogP contribution >= 0.6 is 11.3 Å². The third-order valence-corrected chi connectivity index (χ3v) is 4.23. The van der Waals surface area contributed by atoms with Gasteiger partial charge < -0.3 is 14.2 Å². The van der Waals surface area contributed by atoms with Crippen molar-refractivity contribution in [1.29, 1.82) is 0 Å². The normalized spacial score (nSPS) is 11.2. The Morgan fingerprint density at radius 3 is 1.50 bits per heavy atom. The first kappa shape index (κ1) is 23.6. The van der Waals surface area contributed by atoms with Crippen molar-refractivity contribution in [3.63, 3.8) is 0 Å². The van der Waals surface area contributed by atoms with E-state index in [9.17, 15) is 0 Å². The molecule has 0 atom stereocenters. The lowest BCUT2D eigenvalue weighted by molar-refractivity contribution is -0.380. The molecule has 0 aromatic carbocycles. The topological polar surface area (TPSA) is 27.7 Å². The van der Waals surface area contributed by atoms with Crippen molar-refractivity contribution >= 4 is 11.3 Å². The van der Waals surface area contributed by atoms with Crippen LogP contribution in [0.2, 0.25) is 0 Å². The Morgan fingerprint density at radius 2 is 1.12 bits per heavy atom. The molecule has 0 spiro atoms. The van der Waals surface area contributed by atoms with Gasteiger partial charge in [-0.3, -0.25) is 0 Å². The number of ether oxygens (including phenoxy) is 3. The molecule has 0 aliphatic carbocycles. The van der Waals surface area contributed by atoms with Crippen molar-refractivity contribution in [2.75, 3.05) is 19.8 Å². The molecule has 0 aliphatic rings. The summed E-state index contributed by atoms with van der Waals surface area (Å²) in [5.74, 6) is -0.804. The van der Waals surface area contributed by atoms with Gasteiger partial charge in [0.1, 0.15) is 0 Å². The quantitative estimate of drug-likeness (QED) is 0.275. The summed E-state index contributed by atoms with van der Waals surface area (Å²) in [6.07, 6.45) is 9.85. The van der Waals surface area contributed by atoms with E-state index in [2.05, 4.69) is 6.92 Å². The highest BCUT2D eigenvalue weighted by molar-refractivity contribution is 7.07. The first-order valence-electron chi connectivity index (χ1n) is 9.63. The van der Waals surface area contributed by atoms with Gasteiger partial charge in [0.05, 0.1) is 0 Å². The molecule has 0 saturated heterocycles. The van der Waals surface area contributed by atoms with Gasteiger partial charge in [-0.15, -0.1) is 0 Å². The number of rotatable bonds is 14. The zero-order valence-electron chi connectivity index (χ0n) is 16.2. The van der Waals surface area contributed by atoms with Crippen LogP contribution in [0.1, 0.15) is 79.1 Å². The van der Waals surface area contributed by atoms with E-state index in [4.69, 9.17) is 14.2 Å². The van der Waals surface area contributed by atoms with E-state index in [0.717, 1.165) is 12.8 Å². The molecule has 0 unspecified atom stereocenters. The Morgan fingerprint density at radius 1 is 0.667 bits per heavy atom. The summed E-state index contributed by atoms with van der Waals surface area (Å²) in [5.41, 5.74) is 0. The fourth-order valence-electron chi connectivity index (χ4n) is 2.53. The molecule has 0 N–H and O–H groups in total. The Balaban J connectivity index is 0.000000889. The first-order chi connectivity index (χ1) is 11.7. The molecule has 0 aliphatic heterocycles. The second kappa shape index (κ2) is 17.4. The Hall–Kier alpha value is -0.420. The van der Waals surface area contributed by atoms with E-state index in [1.807, 2.05) is 43.7 Å².